The molecule has 1 aliphatic carbocycles. The lowest BCUT2D eigenvalue weighted by Gasteiger charge is -2.28. The summed E-state index contributed by atoms with van der Waals surface area (Å²) in [6.45, 7) is 9.09. The average molecular weight is 734 g/mol. The Kier molecular flexibility index (Phi) is 16.3. The Morgan fingerprint density at radius 1 is 0.849 bits per heavy atom. The number of ketones is 1. The number of benzene rings is 1. The highest BCUT2D eigenvalue weighted by Gasteiger charge is 2.34. The molecule has 0 saturated heterocycles. The number of hydrogen-bond donors (Lipinski definition) is 6. The fourth-order valence-electron chi connectivity index (χ4n) is 5.99. The van der Waals surface area contributed by atoms with E-state index in [2.05, 4.69) is 36.6 Å². The number of Topliss-reactive ketones (excluding diaryl/α,β-unsaturated/α-hetero) is 1. The minimum Gasteiger partial charge on any atom is -0.480 e. The van der Waals surface area contributed by atoms with Gasteiger partial charge in [0.1, 0.15) is 23.8 Å². The van der Waals surface area contributed by atoms with Crippen LogP contribution in [0, 0.1) is 23.7 Å². The third kappa shape index (κ3) is 12.9. The van der Waals surface area contributed by atoms with Gasteiger partial charge in [0.2, 0.25) is 23.5 Å². The smallest absolute Gasteiger partial charge is 0.326 e. The van der Waals surface area contributed by atoms with Crippen molar-refractivity contribution in [1.82, 2.24) is 36.6 Å². The number of aliphatic carboxylic acids is 1. The molecule has 3 rings (SSSR count). The largest absolute Gasteiger partial charge is 0.480 e. The number of allylic oxidation sites excluding steroid dienone is 1. The summed E-state index contributed by atoms with van der Waals surface area (Å²) in [5.74, 6) is -6.31. The van der Waals surface area contributed by atoms with Gasteiger partial charge in [-0.15, -0.1) is 0 Å². The zero-order valence-corrected chi connectivity index (χ0v) is 30.8. The number of carbonyl (C=O) groups excluding carboxylic acids is 6. The molecule has 5 amide bonds. The van der Waals surface area contributed by atoms with Crippen molar-refractivity contribution in [3.05, 3.63) is 72.3 Å². The first-order chi connectivity index (χ1) is 25.2. The number of carbonyl (C=O) groups is 7. The van der Waals surface area contributed by atoms with Crippen molar-refractivity contribution >= 4 is 41.3 Å². The van der Waals surface area contributed by atoms with Crippen LogP contribution in [0.25, 0.3) is 0 Å². The molecule has 2 aromatic rings. The predicted molar refractivity (Wildman–Crippen MR) is 195 cm³/mol. The number of carboxylic acids is 1. The van der Waals surface area contributed by atoms with Crippen molar-refractivity contribution in [2.45, 2.75) is 90.9 Å². The molecule has 0 aliphatic heterocycles. The van der Waals surface area contributed by atoms with E-state index in [-0.39, 0.29) is 55.2 Å². The molecule has 15 nitrogen and oxygen atoms in total. The van der Waals surface area contributed by atoms with Gasteiger partial charge in [-0.3, -0.25) is 33.8 Å². The normalized spacial score (nSPS) is 17.3. The first-order valence-corrected chi connectivity index (χ1v) is 17.9. The molecular formula is C38H51N7O8. The molecule has 1 aromatic carbocycles. The standard InChI is InChI=1S/C38H51N7O8/c1-6-11-27(33(47)37(51)43-28(38(52)53)18-24-12-8-7-9-13-24)42-30(46)19-25-14-10-15-26(25)20-41-35(49)31(22(2)3)45-36(50)32(23(4)5)44-34(48)29-21-39-16-17-40-29/h7-10,12-13,15-17,21-23,25-28,31-32H,6,11,14,18-20H2,1-5H3,(H,41,49)(H,42,46)(H,43,51)(H,44,48)(H,45,50)(H,52,53)/t25-,26+,27?,28+,31+,32-/m1/s1. The lowest BCUT2D eigenvalue weighted by Crippen LogP contribution is -2.57. The zero-order valence-electron chi connectivity index (χ0n) is 30.8. The van der Waals surface area contributed by atoms with Gasteiger partial charge in [-0.25, -0.2) is 9.78 Å². The van der Waals surface area contributed by atoms with E-state index in [1.807, 2.05) is 12.2 Å². The number of amides is 5. The van der Waals surface area contributed by atoms with Crippen LogP contribution in [0.5, 0.6) is 0 Å². The van der Waals surface area contributed by atoms with Crippen LogP contribution in [0.15, 0.2) is 61.1 Å². The Morgan fingerprint density at radius 2 is 1.53 bits per heavy atom. The summed E-state index contributed by atoms with van der Waals surface area (Å²) < 4.78 is 0. The van der Waals surface area contributed by atoms with Gasteiger partial charge in [-0.1, -0.05) is 83.5 Å². The quantitative estimate of drug-likeness (QED) is 0.0854. The first-order valence-electron chi connectivity index (χ1n) is 17.9. The van der Waals surface area contributed by atoms with Gasteiger partial charge in [0.05, 0.1) is 12.2 Å². The molecule has 1 heterocycles. The number of carboxylic acid groups (broad SMARTS) is 1. The summed E-state index contributed by atoms with van der Waals surface area (Å²) >= 11 is 0. The van der Waals surface area contributed by atoms with Crippen molar-refractivity contribution in [3.8, 4) is 0 Å². The summed E-state index contributed by atoms with van der Waals surface area (Å²) in [7, 11) is 0. The van der Waals surface area contributed by atoms with Crippen LogP contribution in [-0.4, -0.2) is 87.1 Å². The number of nitrogens with one attached hydrogen (secondary N) is 5. The van der Waals surface area contributed by atoms with Gasteiger partial charge in [-0.2, -0.15) is 0 Å². The van der Waals surface area contributed by atoms with Gasteiger partial charge in [0.15, 0.2) is 0 Å². The van der Waals surface area contributed by atoms with Crippen LogP contribution in [0.4, 0.5) is 0 Å². The molecule has 6 atom stereocenters. The fourth-order valence-corrected chi connectivity index (χ4v) is 5.99. The van der Waals surface area contributed by atoms with Gasteiger partial charge in [0, 0.05) is 31.8 Å². The topological polar surface area (TPSA) is 226 Å². The lowest BCUT2D eigenvalue weighted by molar-refractivity contribution is -0.145. The second-order valence-corrected chi connectivity index (χ2v) is 13.9. The maximum atomic E-state index is 13.4. The fraction of sp³-hybridized carbons (Fsp3) is 0.500. The second-order valence-electron chi connectivity index (χ2n) is 13.9. The number of aromatic nitrogens is 2. The third-order valence-corrected chi connectivity index (χ3v) is 9.00. The van der Waals surface area contributed by atoms with Crippen LogP contribution in [0.3, 0.4) is 0 Å². The van der Waals surface area contributed by atoms with Crippen molar-refractivity contribution in [3.63, 3.8) is 0 Å². The van der Waals surface area contributed by atoms with Gasteiger partial charge in [0.25, 0.3) is 11.8 Å². The monoisotopic (exact) mass is 733 g/mol. The second kappa shape index (κ2) is 20.5. The molecule has 0 fully saturated rings. The number of nitrogens with zero attached hydrogens (tertiary/aromatic N) is 2. The van der Waals surface area contributed by atoms with E-state index in [0.29, 0.717) is 18.4 Å². The van der Waals surface area contributed by atoms with Crippen molar-refractivity contribution in [2.75, 3.05) is 6.54 Å². The highest BCUT2D eigenvalue weighted by Crippen LogP contribution is 2.28. The van der Waals surface area contributed by atoms with E-state index < -0.39 is 65.5 Å². The predicted octanol–water partition coefficient (Wildman–Crippen LogP) is 1.74. The maximum absolute atomic E-state index is 13.4. The first kappa shape index (κ1) is 41.9. The van der Waals surface area contributed by atoms with Crippen molar-refractivity contribution in [1.29, 1.82) is 0 Å². The zero-order chi connectivity index (χ0) is 39.1. The van der Waals surface area contributed by atoms with Crippen LogP contribution in [0.2, 0.25) is 0 Å². The van der Waals surface area contributed by atoms with E-state index in [4.69, 9.17) is 0 Å². The summed E-state index contributed by atoms with van der Waals surface area (Å²) in [5, 5.41) is 23.0. The molecule has 0 saturated carbocycles. The SMILES string of the molecule is CCCC(NC(=O)C[C@H]1CC=C[C@H]1CNC(=O)[C@@H](NC(=O)[C@H](NC(=O)c1cnccn1)C(C)C)C(C)C)C(=O)C(=O)N[C@@H](Cc1ccccc1)C(=O)O. The molecular weight excluding hydrogens is 682 g/mol. The molecule has 53 heavy (non-hydrogen) atoms. The highest BCUT2D eigenvalue weighted by molar-refractivity contribution is 6.38. The Labute approximate surface area is 309 Å². The minimum absolute atomic E-state index is 0.0142. The average Bonchev–Trinajstić information content (AvgIpc) is 3.57. The minimum atomic E-state index is -1.33. The summed E-state index contributed by atoms with van der Waals surface area (Å²) in [5.41, 5.74) is 0.727. The molecule has 0 spiro atoms. The number of rotatable bonds is 20. The molecule has 1 aliphatic rings. The van der Waals surface area contributed by atoms with Crippen molar-refractivity contribution < 1.29 is 38.7 Å². The van der Waals surface area contributed by atoms with E-state index >= 15 is 0 Å². The Hall–Kier alpha value is -5.47. The van der Waals surface area contributed by atoms with Crippen molar-refractivity contribution in [2.24, 2.45) is 23.7 Å². The van der Waals surface area contributed by atoms with Crippen LogP contribution >= 0.6 is 0 Å². The van der Waals surface area contributed by atoms with Crippen LogP contribution in [-0.2, 0) is 35.2 Å². The van der Waals surface area contributed by atoms with Gasteiger partial charge >= 0.3 is 5.97 Å². The summed E-state index contributed by atoms with van der Waals surface area (Å²) in [6, 6.07) is 4.38. The highest BCUT2D eigenvalue weighted by atomic mass is 16.4. The Morgan fingerprint density at radius 3 is 2.13 bits per heavy atom. The third-order valence-electron chi connectivity index (χ3n) is 9.00. The summed E-state index contributed by atoms with van der Waals surface area (Å²) in [4.78, 5) is 98.2. The molecule has 6 N–H and O–H groups in total. The van der Waals surface area contributed by atoms with Crippen LogP contribution in [0.1, 0.15) is 76.4 Å². The summed E-state index contributed by atoms with van der Waals surface area (Å²) in [6.07, 6.45) is 9.11. The molecule has 1 unspecified atom stereocenters. The van der Waals surface area contributed by atoms with E-state index in [0.717, 1.165) is 0 Å². The molecule has 0 radical (unpaired) electrons. The Bertz CT molecular complexity index is 1620. The molecule has 15 heteroatoms. The lowest BCUT2D eigenvalue weighted by atomic mass is 9.91. The maximum Gasteiger partial charge on any atom is 0.326 e. The molecule has 0 bridgehead atoms. The van der Waals surface area contributed by atoms with Gasteiger partial charge < -0.3 is 31.7 Å². The number of hydrogen-bond acceptors (Lipinski definition) is 9. The molecule has 1 aromatic heterocycles. The van der Waals surface area contributed by atoms with Gasteiger partial charge in [-0.05, 0) is 42.1 Å². The van der Waals surface area contributed by atoms with E-state index in [9.17, 15) is 38.7 Å². The van der Waals surface area contributed by atoms with Crippen LogP contribution < -0.4 is 26.6 Å². The molecule has 286 valence electrons. The van der Waals surface area contributed by atoms with E-state index in [1.165, 1.54) is 18.6 Å². The van der Waals surface area contributed by atoms with E-state index in [1.54, 1.807) is 65.0 Å². The Balaban J connectivity index is 1.56.